The first kappa shape index (κ1) is 23.0. The van der Waals surface area contributed by atoms with Crippen LogP contribution in [0.1, 0.15) is 33.2 Å². The number of likely N-dealkylation sites (tertiary alicyclic amines) is 1. The number of hydrogen-bond acceptors (Lipinski definition) is 6. The number of ether oxygens (including phenoxy) is 1. The van der Waals surface area contributed by atoms with Gasteiger partial charge in [-0.2, -0.15) is 0 Å². The summed E-state index contributed by atoms with van der Waals surface area (Å²) in [6.07, 6.45) is 1.12. The molecule has 168 valence electrons. The zero-order chi connectivity index (χ0) is 22.9. The van der Waals surface area contributed by atoms with Crippen molar-refractivity contribution in [2.45, 2.75) is 45.4 Å². The van der Waals surface area contributed by atoms with E-state index in [-0.39, 0.29) is 24.8 Å². The first-order chi connectivity index (χ1) is 14.6. The quantitative estimate of drug-likeness (QED) is 0.721. The number of likely N-dealkylation sites (N-methyl/N-ethyl adjacent to an activating group) is 1. The van der Waals surface area contributed by atoms with Gasteiger partial charge in [-0.05, 0) is 23.6 Å². The summed E-state index contributed by atoms with van der Waals surface area (Å²) < 4.78 is 6.68. The fourth-order valence-corrected chi connectivity index (χ4v) is 4.13. The second kappa shape index (κ2) is 8.84. The van der Waals surface area contributed by atoms with Crippen LogP contribution in [-0.4, -0.2) is 69.7 Å². The second-order valence-corrected chi connectivity index (χ2v) is 9.12. The van der Waals surface area contributed by atoms with E-state index in [0.717, 1.165) is 0 Å². The van der Waals surface area contributed by atoms with Gasteiger partial charge >= 0.3 is 0 Å². The number of carbonyl (C=O) groups is 2. The van der Waals surface area contributed by atoms with Crippen LogP contribution in [-0.2, 0) is 9.59 Å². The molecule has 0 spiro atoms. The highest BCUT2D eigenvalue weighted by Crippen LogP contribution is 2.36. The van der Waals surface area contributed by atoms with Crippen LogP contribution in [0.3, 0.4) is 0 Å². The summed E-state index contributed by atoms with van der Waals surface area (Å²) in [7, 11) is 3.07. The van der Waals surface area contributed by atoms with Gasteiger partial charge < -0.3 is 20.1 Å². The van der Waals surface area contributed by atoms with Gasteiger partial charge in [0.05, 0.1) is 24.4 Å². The highest BCUT2D eigenvalue weighted by atomic mass is 35.5. The van der Waals surface area contributed by atoms with Crippen molar-refractivity contribution < 1.29 is 19.4 Å². The van der Waals surface area contributed by atoms with Crippen LogP contribution >= 0.6 is 11.6 Å². The van der Waals surface area contributed by atoms with E-state index in [2.05, 4.69) is 15.6 Å². The molecule has 0 bridgehead atoms. The smallest absolute Gasteiger partial charge is 0.248 e. The van der Waals surface area contributed by atoms with E-state index in [0.29, 0.717) is 22.0 Å². The number of β-amino-alcohol motifs (C(OH)–C–C–N with tert-alkyl or cyclic N) is 1. The number of aliphatic hydroxyl groups is 1. The number of halogens is 1. The van der Waals surface area contributed by atoms with Crippen LogP contribution in [0.2, 0.25) is 5.02 Å². The maximum Gasteiger partial charge on any atom is 0.248 e. The minimum Gasteiger partial charge on any atom is -0.497 e. The molecule has 1 saturated heterocycles. The lowest BCUT2D eigenvalue weighted by Crippen LogP contribution is -2.49. The minimum absolute atomic E-state index is 0.0926. The number of aliphatic hydroxyl groups excluding tert-OH is 1. The third kappa shape index (κ3) is 4.67. The van der Waals surface area contributed by atoms with Gasteiger partial charge in [-0.1, -0.05) is 37.6 Å². The summed E-state index contributed by atoms with van der Waals surface area (Å²) in [6.45, 7) is 5.84. The zero-order valence-electron chi connectivity index (χ0n) is 18.3. The van der Waals surface area contributed by atoms with Crippen molar-refractivity contribution in [3.8, 4) is 17.0 Å². The number of rotatable bonds is 5. The van der Waals surface area contributed by atoms with Gasteiger partial charge in [0, 0.05) is 25.6 Å². The van der Waals surface area contributed by atoms with Crippen LogP contribution in [0.25, 0.3) is 11.3 Å². The van der Waals surface area contributed by atoms with Crippen molar-refractivity contribution in [3.63, 3.8) is 0 Å². The lowest BCUT2D eigenvalue weighted by Gasteiger charge is -2.34. The molecule has 0 unspecified atom stereocenters. The van der Waals surface area contributed by atoms with Gasteiger partial charge in [0.1, 0.15) is 23.5 Å². The molecule has 0 aliphatic carbocycles. The summed E-state index contributed by atoms with van der Waals surface area (Å²) in [5, 5.41) is 21.6. The molecule has 0 radical (unpaired) electrons. The molecule has 9 nitrogen and oxygen atoms in total. The number of nitrogens with zero attached hydrogens (tertiary/aromatic N) is 4. The Morgan fingerprint density at radius 2 is 2.06 bits per heavy atom. The average Bonchev–Trinajstić information content (AvgIpc) is 3.33. The fourth-order valence-electron chi connectivity index (χ4n) is 3.87. The number of hydrogen-bond donors (Lipinski definition) is 2. The SMILES string of the molecule is CNC(=O)[C@@H]1C[C@@H](O)CN1C(=O)[C@@H](n1cc(-c2ccc(OC)cc2Cl)nn1)C(C)(C)C. The van der Waals surface area contributed by atoms with Crippen molar-refractivity contribution >= 4 is 23.4 Å². The average molecular weight is 450 g/mol. The molecular formula is C21H28ClN5O4. The third-order valence-corrected chi connectivity index (χ3v) is 5.71. The largest absolute Gasteiger partial charge is 0.497 e. The second-order valence-electron chi connectivity index (χ2n) is 8.71. The Hall–Kier alpha value is -2.65. The van der Waals surface area contributed by atoms with E-state index in [4.69, 9.17) is 16.3 Å². The molecule has 2 amide bonds. The third-order valence-electron chi connectivity index (χ3n) is 5.39. The number of amides is 2. The molecule has 1 fully saturated rings. The maximum absolute atomic E-state index is 13.6. The molecule has 0 saturated carbocycles. The highest BCUT2D eigenvalue weighted by Gasteiger charge is 2.45. The molecule has 2 heterocycles. The zero-order valence-corrected chi connectivity index (χ0v) is 19.1. The van der Waals surface area contributed by atoms with E-state index < -0.39 is 23.6 Å². The summed E-state index contributed by atoms with van der Waals surface area (Å²) in [5.41, 5.74) is 0.639. The van der Waals surface area contributed by atoms with Gasteiger partial charge in [0.15, 0.2) is 0 Å². The Labute approximate surface area is 186 Å². The molecule has 3 atom stereocenters. The molecule has 3 rings (SSSR count). The van der Waals surface area contributed by atoms with Gasteiger partial charge in [-0.3, -0.25) is 9.59 Å². The van der Waals surface area contributed by atoms with Gasteiger partial charge in [-0.25, -0.2) is 4.68 Å². The van der Waals surface area contributed by atoms with Crippen molar-refractivity contribution in [2.24, 2.45) is 5.41 Å². The van der Waals surface area contributed by atoms with E-state index in [1.807, 2.05) is 20.8 Å². The van der Waals surface area contributed by atoms with Crippen molar-refractivity contribution in [1.82, 2.24) is 25.2 Å². The molecule has 2 N–H and O–H groups in total. The van der Waals surface area contributed by atoms with Crippen molar-refractivity contribution in [1.29, 1.82) is 0 Å². The topological polar surface area (TPSA) is 110 Å². The summed E-state index contributed by atoms with van der Waals surface area (Å²) in [6, 6.07) is 3.77. The van der Waals surface area contributed by atoms with Crippen LogP contribution in [0.5, 0.6) is 5.75 Å². The van der Waals surface area contributed by atoms with Gasteiger partial charge in [-0.15, -0.1) is 5.10 Å². The highest BCUT2D eigenvalue weighted by molar-refractivity contribution is 6.33. The standard InChI is InChI=1S/C21H28ClN5O4/c1-21(2,3)18(20(30)26-10-12(28)8-17(26)19(29)23-4)27-11-16(24-25-27)14-7-6-13(31-5)9-15(14)22/h6-7,9,11-12,17-18,28H,8,10H2,1-5H3,(H,23,29)/t12-,17+,18-/m1/s1. The predicted octanol–water partition coefficient (Wildman–Crippen LogP) is 1.90. The number of nitrogens with one attached hydrogen (secondary N) is 1. The summed E-state index contributed by atoms with van der Waals surface area (Å²) in [5.74, 6) is 0.0218. The van der Waals surface area contributed by atoms with Crippen LogP contribution in [0.15, 0.2) is 24.4 Å². The van der Waals surface area contributed by atoms with Crippen LogP contribution in [0, 0.1) is 5.41 Å². The Kier molecular flexibility index (Phi) is 6.56. The van der Waals surface area contributed by atoms with E-state index in [9.17, 15) is 14.7 Å². The van der Waals surface area contributed by atoms with E-state index >= 15 is 0 Å². The molecule has 1 aliphatic rings. The molecule has 1 aromatic carbocycles. The Balaban J connectivity index is 1.96. The van der Waals surface area contributed by atoms with Gasteiger partial charge in [0.25, 0.3) is 0 Å². The van der Waals surface area contributed by atoms with E-state index in [1.54, 1.807) is 31.5 Å². The van der Waals surface area contributed by atoms with Crippen LogP contribution < -0.4 is 10.1 Å². The fraction of sp³-hybridized carbons (Fsp3) is 0.524. The maximum atomic E-state index is 13.6. The lowest BCUT2D eigenvalue weighted by molar-refractivity contribution is -0.144. The first-order valence-corrected chi connectivity index (χ1v) is 10.4. The molecule has 1 aromatic heterocycles. The lowest BCUT2D eigenvalue weighted by atomic mass is 9.85. The number of methoxy groups -OCH3 is 1. The molecule has 31 heavy (non-hydrogen) atoms. The molecular weight excluding hydrogens is 422 g/mol. The van der Waals surface area contributed by atoms with E-state index in [1.165, 1.54) is 16.6 Å². The summed E-state index contributed by atoms with van der Waals surface area (Å²) in [4.78, 5) is 27.3. The van der Waals surface area contributed by atoms with Gasteiger partial charge in [0.2, 0.25) is 11.8 Å². The Bertz CT molecular complexity index is 971. The normalized spacial score (nSPS) is 19.9. The molecule has 1 aliphatic heterocycles. The summed E-state index contributed by atoms with van der Waals surface area (Å²) >= 11 is 6.37. The van der Waals surface area contributed by atoms with Crippen molar-refractivity contribution in [2.75, 3.05) is 20.7 Å². The predicted molar refractivity (Wildman–Crippen MR) is 116 cm³/mol. The molecule has 2 aromatic rings. The Morgan fingerprint density at radius 3 is 2.65 bits per heavy atom. The van der Waals surface area contributed by atoms with Crippen molar-refractivity contribution in [3.05, 3.63) is 29.4 Å². The molecule has 10 heteroatoms. The number of carbonyl (C=O) groups excluding carboxylic acids is 2. The first-order valence-electron chi connectivity index (χ1n) is 10.0. The monoisotopic (exact) mass is 449 g/mol. The van der Waals surface area contributed by atoms with Crippen LogP contribution in [0.4, 0.5) is 0 Å². The minimum atomic E-state index is -0.753. The number of aromatic nitrogens is 3. The number of benzene rings is 1. The Morgan fingerprint density at radius 1 is 1.35 bits per heavy atom.